The van der Waals surface area contributed by atoms with E-state index in [0.29, 0.717) is 18.5 Å². The lowest BCUT2D eigenvalue weighted by atomic mass is 10.0. The Bertz CT molecular complexity index is 318. The molecule has 0 saturated carbocycles. The standard InChI is InChI=1S/C11H21ClN4/c1-5-11(4,7-12)14-6-10-13-8-15-16(10)9(2)3/h8-9,14H,5-7H2,1-4H3. The summed E-state index contributed by atoms with van der Waals surface area (Å²) in [5.41, 5.74) is -0.0324. The van der Waals surface area contributed by atoms with Crippen LogP contribution < -0.4 is 5.32 Å². The van der Waals surface area contributed by atoms with Crippen molar-refractivity contribution in [1.29, 1.82) is 0 Å². The minimum Gasteiger partial charge on any atom is -0.303 e. The summed E-state index contributed by atoms with van der Waals surface area (Å²) in [5.74, 6) is 1.55. The van der Waals surface area contributed by atoms with Gasteiger partial charge in [0.05, 0.1) is 6.54 Å². The predicted molar refractivity (Wildman–Crippen MR) is 66.7 cm³/mol. The SMILES string of the molecule is CCC(C)(CCl)NCc1ncnn1C(C)C. The first-order valence-corrected chi connectivity index (χ1v) is 6.25. The van der Waals surface area contributed by atoms with Crippen LogP contribution >= 0.6 is 11.6 Å². The van der Waals surface area contributed by atoms with Gasteiger partial charge in [-0.3, -0.25) is 0 Å². The maximum absolute atomic E-state index is 5.95. The highest BCUT2D eigenvalue weighted by Gasteiger charge is 2.20. The molecule has 0 amide bonds. The Kier molecular flexibility index (Phi) is 4.74. The van der Waals surface area contributed by atoms with Crippen LogP contribution in [0, 0.1) is 0 Å². The molecule has 0 aliphatic heterocycles. The van der Waals surface area contributed by atoms with Crippen LogP contribution in [0.3, 0.4) is 0 Å². The van der Waals surface area contributed by atoms with E-state index in [1.807, 2.05) is 4.68 Å². The molecule has 1 N–H and O–H groups in total. The summed E-state index contributed by atoms with van der Waals surface area (Å²) in [6.45, 7) is 9.14. The fourth-order valence-corrected chi connectivity index (χ4v) is 1.67. The molecule has 0 fully saturated rings. The largest absolute Gasteiger partial charge is 0.303 e. The Hall–Kier alpha value is -0.610. The number of aromatic nitrogens is 3. The molecular weight excluding hydrogens is 224 g/mol. The lowest BCUT2D eigenvalue weighted by Crippen LogP contribution is -2.43. The third-order valence-electron chi connectivity index (χ3n) is 2.88. The van der Waals surface area contributed by atoms with Gasteiger partial charge in [-0.15, -0.1) is 11.6 Å². The number of rotatable bonds is 6. The van der Waals surface area contributed by atoms with Gasteiger partial charge in [0.1, 0.15) is 12.2 Å². The summed E-state index contributed by atoms with van der Waals surface area (Å²) in [4.78, 5) is 4.26. The summed E-state index contributed by atoms with van der Waals surface area (Å²) in [7, 11) is 0. The zero-order chi connectivity index (χ0) is 12.2. The van der Waals surface area contributed by atoms with Gasteiger partial charge in [-0.05, 0) is 27.2 Å². The van der Waals surface area contributed by atoms with E-state index in [9.17, 15) is 0 Å². The van der Waals surface area contributed by atoms with Crippen LogP contribution in [0.1, 0.15) is 46.0 Å². The molecular formula is C11H21ClN4. The molecule has 4 nitrogen and oxygen atoms in total. The minimum atomic E-state index is -0.0324. The van der Waals surface area contributed by atoms with E-state index >= 15 is 0 Å². The highest BCUT2D eigenvalue weighted by Crippen LogP contribution is 2.13. The van der Waals surface area contributed by atoms with Crippen molar-refractivity contribution in [3.8, 4) is 0 Å². The first-order chi connectivity index (χ1) is 7.52. The minimum absolute atomic E-state index is 0.0324. The average molecular weight is 245 g/mol. The molecule has 0 radical (unpaired) electrons. The van der Waals surface area contributed by atoms with Crippen LogP contribution in [-0.4, -0.2) is 26.2 Å². The third kappa shape index (κ3) is 3.19. The molecule has 1 atom stereocenters. The van der Waals surface area contributed by atoms with Gasteiger partial charge in [0.2, 0.25) is 0 Å². The van der Waals surface area contributed by atoms with E-state index in [0.717, 1.165) is 12.2 Å². The van der Waals surface area contributed by atoms with E-state index in [1.54, 1.807) is 6.33 Å². The molecule has 5 heteroatoms. The van der Waals surface area contributed by atoms with Crippen molar-refractivity contribution in [2.45, 2.75) is 52.2 Å². The normalized spacial score (nSPS) is 15.4. The Balaban J connectivity index is 2.64. The fourth-order valence-electron chi connectivity index (χ4n) is 1.39. The molecule has 92 valence electrons. The lowest BCUT2D eigenvalue weighted by molar-refractivity contribution is 0.364. The molecule has 16 heavy (non-hydrogen) atoms. The molecule has 1 heterocycles. The number of nitrogens with one attached hydrogen (secondary N) is 1. The summed E-state index contributed by atoms with van der Waals surface area (Å²) in [5, 5.41) is 7.64. The molecule has 0 spiro atoms. The van der Waals surface area contributed by atoms with Crippen molar-refractivity contribution >= 4 is 11.6 Å². The summed E-state index contributed by atoms with van der Waals surface area (Å²) in [6.07, 6.45) is 2.59. The van der Waals surface area contributed by atoms with E-state index in [1.165, 1.54) is 0 Å². The van der Waals surface area contributed by atoms with Crippen LogP contribution in [0.4, 0.5) is 0 Å². The van der Waals surface area contributed by atoms with E-state index < -0.39 is 0 Å². The fraction of sp³-hybridized carbons (Fsp3) is 0.818. The van der Waals surface area contributed by atoms with Crippen molar-refractivity contribution < 1.29 is 0 Å². The van der Waals surface area contributed by atoms with Crippen LogP contribution in [0.5, 0.6) is 0 Å². The number of halogens is 1. The first kappa shape index (κ1) is 13.5. The van der Waals surface area contributed by atoms with Gasteiger partial charge in [0.15, 0.2) is 0 Å². The second-order valence-corrected chi connectivity index (χ2v) is 4.88. The van der Waals surface area contributed by atoms with Gasteiger partial charge in [-0.1, -0.05) is 6.92 Å². The molecule has 1 aromatic rings. The predicted octanol–water partition coefficient (Wildman–Crippen LogP) is 2.36. The molecule has 0 aromatic carbocycles. The Morgan fingerprint density at radius 3 is 2.75 bits per heavy atom. The highest BCUT2D eigenvalue weighted by molar-refractivity contribution is 6.18. The highest BCUT2D eigenvalue weighted by atomic mass is 35.5. The zero-order valence-corrected chi connectivity index (χ0v) is 11.3. The van der Waals surface area contributed by atoms with Gasteiger partial charge in [0, 0.05) is 17.5 Å². The third-order valence-corrected chi connectivity index (χ3v) is 3.47. The van der Waals surface area contributed by atoms with Crippen molar-refractivity contribution in [3.63, 3.8) is 0 Å². The van der Waals surface area contributed by atoms with Crippen molar-refractivity contribution in [2.24, 2.45) is 0 Å². The van der Waals surface area contributed by atoms with Gasteiger partial charge in [-0.25, -0.2) is 9.67 Å². The number of alkyl halides is 1. The maximum atomic E-state index is 5.95. The lowest BCUT2D eigenvalue weighted by Gasteiger charge is -2.27. The smallest absolute Gasteiger partial charge is 0.141 e. The van der Waals surface area contributed by atoms with Crippen LogP contribution in [0.25, 0.3) is 0 Å². The molecule has 0 saturated heterocycles. The second kappa shape index (κ2) is 5.64. The number of hydrogen-bond donors (Lipinski definition) is 1. The van der Waals surface area contributed by atoms with Gasteiger partial charge >= 0.3 is 0 Å². The summed E-state index contributed by atoms with van der Waals surface area (Å²) in [6, 6.07) is 0.336. The molecule has 0 bridgehead atoms. The molecule has 1 aromatic heterocycles. The molecule has 1 rings (SSSR count). The average Bonchev–Trinajstić information content (AvgIpc) is 2.74. The van der Waals surface area contributed by atoms with Gasteiger partial charge < -0.3 is 5.32 Å². The van der Waals surface area contributed by atoms with E-state index in [4.69, 9.17) is 11.6 Å². The van der Waals surface area contributed by atoms with Gasteiger partial charge in [-0.2, -0.15) is 5.10 Å². The quantitative estimate of drug-likeness (QED) is 0.782. The first-order valence-electron chi connectivity index (χ1n) is 5.72. The molecule has 1 unspecified atom stereocenters. The Morgan fingerprint density at radius 1 is 1.56 bits per heavy atom. The number of hydrogen-bond acceptors (Lipinski definition) is 3. The van der Waals surface area contributed by atoms with Crippen LogP contribution in [0.15, 0.2) is 6.33 Å². The Morgan fingerprint density at radius 2 is 2.25 bits per heavy atom. The van der Waals surface area contributed by atoms with E-state index in [-0.39, 0.29) is 5.54 Å². The topological polar surface area (TPSA) is 42.7 Å². The van der Waals surface area contributed by atoms with Crippen molar-refractivity contribution in [3.05, 3.63) is 12.2 Å². The zero-order valence-electron chi connectivity index (χ0n) is 10.5. The van der Waals surface area contributed by atoms with Crippen LogP contribution in [-0.2, 0) is 6.54 Å². The van der Waals surface area contributed by atoms with Crippen LogP contribution in [0.2, 0.25) is 0 Å². The van der Waals surface area contributed by atoms with E-state index in [2.05, 4.69) is 43.1 Å². The molecule has 0 aliphatic rings. The maximum Gasteiger partial charge on any atom is 0.141 e. The monoisotopic (exact) mass is 244 g/mol. The van der Waals surface area contributed by atoms with Gasteiger partial charge in [0.25, 0.3) is 0 Å². The summed E-state index contributed by atoms with van der Waals surface area (Å²) >= 11 is 5.95. The number of nitrogens with zero attached hydrogens (tertiary/aromatic N) is 3. The molecule has 0 aliphatic carbocycles. The summed E-state index contributed by atoms with van der Waals surface area (Å²) < 4.78 is 1.93. The van der Waals surface area contributed by atoms with Crippen molar-refractivity contribution in [1.82, 2.24) is 20.1 Å². The second-order valence-electron chi connectivity index (χ2n) is 4.62. The van der Waals surface area contributed by atoms with Crippen molar-refractivity contribution in [2.75, 3.05) is 5.88 Å². The Labute approximate surface area is 102 Å².